The molecule has 2 aliphatic rings. The van der Waals surface area contributed by atoms with Gasteiger partial charge in [0.25, 0.3) is 0 Å². The van der Waals surface area contributed by atoms with E-state index in [0.29, 0.717) is 40.9 Å². The molecule has 2 atom stereocenters. The topological polar surface area (TPSA) is 104 Å². The van der Waals surface area contributed by atoms with Crippen LogP contribution in [-0.4, -0.2) is 42.3 Å². The Kier molecular flexibility index (Phi) is 4.71. The van der Waals surface area contributed by atoms with Crippen molar-refractivity contribution in [1.82, 2.24) is 19.0 Å². The summed E-state index contributed by atoms with van der Waals surface area (Å²) in [7, 11) is 0. The highest BCUT2D eigenvalue weighted by molar-refractivity contribution is 8.00. The molecule has 4 aromatic rings. The molecule has 1 amide bonds. The molecule has 4 heterocycles. The average molecular weight is 470 g/mol. The van der Waals surface area contributed by atoms with Gasteiger partial charge in [-0.3, -0.25) is 9.36 Å². The van der Waals surface area contributed by atoms with Crippen LogP contribution in [-0.2, 0) is 4.79 Å². The van der Waals surface area contributed by atoms with Crippen LogP contribution in [0.4, 0.5) is 0 Å². The summed E-state index contributed by atoms with van der Waals surface area (Å²) in [5, 5.41) is 21.9. The molecule has 168 valence electrons. The Morgan fingerprint density at radius 3 is 2.65 bits per heavy atom. The number of imidazole rings is 1. The zero-order valence-corrected chi connectivity index (χ0v) is 18.8. The van der Waals surface area contributed by atoms with Crippen molar-refractivity contribution >= 4 is 28.4 Å². The van der Waals surface area contributed by atoms with Gasteiger partial charge in [0.2, 0.25) is 11.8 Å². The van der Waals surface area contributed by atoms with E-state index in [4.69, 9.17) is 0 Å². The molecule has 2 aromatic carbocycles. The molecule has 0 saturated carbocycles. The van der Waals surface area contributed by atoms with Crippen molar-refractivity contribution in [2.24, 2.45) is 0 Å². The van der Waals surface area contributed by atoms with Crippen LogP contribution >= 0.6 is 11.8 Å². The number of benzene rings is 2. The van der Waals surface area contributed by atoms with Crippen molar-refractivity contribution in [3.63, 3.8) is 0 Å². The maximum atomic E-state index is 13.4. The Labute approximate surface area is 198 Å². The smallest absolute Gasteiger partial charge is 0.336 e. The van der Waals surface area contributed by atoms with Gasteiger partial charge in [-0.25, -0.2) is 14.3 Å². The molecule has 0 spiro atoms. The van der Waals surface area contributed by atoms with Crippen LogP contribution in [0.3, 0.4) is 0 Å². The first-order chi connectivity index (χ1) is 16.6. The van der Waals surface area contributed by atoms with Crippen molar-refractivity contribution in [2.45, 2.75) is 23.4 Å². The number of fused-ring (bicyclic) bond motifs is 6. The van der Waals surface area contributed by atoms with Crippen molar-refractivity contribution in [1.29, 1.82) is 5.26 Å². The molecule has 34 heavy (non-hydrogen) atoms. The van der Waals surface area contributed by atoms with E-state index in [1.165, 1.54) is 22.5 Å². The Balaban J connectivity index is 1.37. The van der Waals surface area contributed by atoms with E-state index in [0.717, 1.165) is 4.90 Å². The first-order valence-corrected chi connectivity index (χ1v) is 11.9. The van der Waals surface area contributed by atoms with Gasteiger partial charge >= 0.3 is 5.69 Å². The van der Waals surface area contributed by atoms with Crippen LogP contribution in [0.1, 0.15) is 29.9 Å². The quantitative estimate of drug-likeness (QED) is 0.460. The highest BCUT2D eigenvalue weighted by Crippen LogP contribution is 2.49. The van der Waals surface area contributed by atoms with Gasteiger partial charge in [0.1, 0.15) is 17.5 Å². The summed E-state index contributed by atoms with van der Waals surface area (Å²) in [6.07, 6.45) is 2.06. The molecule has 2 bridgehead atoms. The minimum atomic E-state index is -0.359. The molecule has 1 N–H and O–H groups in total. The summed E-state index contributed by atoms with van der Waals surface area (Å²) in [5.74, 6) is 0.100. The number of pyridine rings is 1. The summed E-state index contributed by atoms with van der Waals surface area (Å²) < 4.78 is 2.86. The SMILES string of the molecule is N#Cc1ncc(-n2c(O)c3n(c2=O)[C@@H]2CC3N(C(=O)CSc3ccccc3)C2)c2ccccc12. The van der Waals surface area contributed by atoms with Crippen LogP contribution in [0.2, 0.25) is 0 Å². The molecule has 6 rings (SSSR count). The first-order valence-electron chi connectivity index (χ1n) is 10.9. The van der Waals surface area contributed by atoms with Crippen molar-refractivity contribution in [3.05, 3.63) is 82.7 Å². The van der Waals surface area contributed by atoms with Gasteiger partial charge in [-0.05, 0) is 18.6 Å². The van der Waals surface area contributed by atoms with Gasteiger partial charge in [0, 0.05) is 22.2 Å². The van der Waals surface area contributed by atoms with Gasteiger partial charge in [-0.1, -0.05) is 42.5 Å². The third-order valence-corrected chi connectivity index (χ3v) is 7.60. The Bertz CT molecular complexity index is 1550. The molecule has 1 unspecified atom stereocenters. The van der Waals surface area contributed by atoms with E-state index in [1.807, 2.05) is 36.4 Å². The van der Waals surface area contributed by atoms with Crippen LogP contribution in [0.15, 0.2) is 70.5 Å². The number of aromatic nitrogens is 3. The highest BCUT2D eigenvalue weighted by Gasteiger charge is 2.49. The molecular formula is C25H19N5O3S. The lowest BCUT2D eigenvalue weighted by Crippen LogP contribution is -2.38. The van der Waals surface area contributed by atoms with E-state index in [1.54, 1.807) is 27.7 Å². The minimum Gasteiger partial charge on any atom is -0.493 e. The maximum Gasteiger partial charge on any atom is 0.336 e. The number of carbonyl (C=O) groups is 1. The Morgan fingerprint density at radius 2 is 1.88 bits per heavy atom. The number of hydrogen-bond donors (Lipinski definition) is 1. The number of hydrogen-bond acceptors (Lipinski definition) is 6. The third-order valence-electron chi connectivity index (χ3n) is 6.60. The van der Waals surface area contributed by atoms with E-state index in [2.05, 4.69) is 11.1 Å². The first kappa shape index (κ1) is 20.6. The predicted octanol–water partition coefficient (Wildman–Crippen LogP) is 3.38. The molecular weight excluding hydrogens is 450 g/mol. The largest absolute Gasteiger partial charge is 0.493 e. The molecule has 9 heteroatoms. The molecule has 0 aliphatic carbocycles. The van der Waals surface area contributed by atoms with E-state index >= 15 is 0 Å². The van der Waals surface area contributed by atoms with Gasteiger partial charge in [-0.15, -0.1) is 11.8 Å². The minimum absolute atomic E-state index is 0.0160. The number of nitrogens with zero attached hydrogens (tertiary/aromatic N) is 5. The second kappa shape index (κ2) is 7.78. The standard InChI is InChI=1S/C25H19N5O3S/c26-11-19-17-8-4-5-9-18(17)21(12-27-19)30-24(32)23-20-10-15(29(23)25(30)33)13-28(20)22(31)14-34-16-6-2-1-3-7-16/h1-9,12,15,20,32H,10,13-14H2/t15-,20?/m1/s1. The third kappa shape index (κ3) is 2.96. The zero-order valence-electron chi connectivity index (χ0n) is 18.0. The van der Waals surface area contributed by atoms with Gasteiger partial charge in [0.15, 0.2) is 0 Å². The average Bonchev–Trinajstić information content (AvgIpc) is 3.54. The van der Waals surface area contributed by atoms with Crippen LogP contribution in [0.5, 0.6) is 5.88 Å². The number of rotatable bonds is 4. The van der Waals surface area contributed by atoms with E-state index < -0.39 is 0 Å². The van der Waals surface area contributed by atoms with Crippen molar-refractivity contribution < 1.29 is 9.90 Å². The lowest BCUT2D eigenvalue weighted by atomic mass is 10.1. The second-order valence-corrected chi connectivity index (χ2v) is 9.45. The summed E-state index contributed by atoms with van der Waals surface area (Å²) in [6.45, 7) is 0.446. The summed E-state index contributed by atoms with van der Waals surface area (Å²) in [6, 6.07) is 18.5. The molecule has 2 aliphatic heterocycles. The zero-order chi connectivity index (χ0) is 23.4. The van der Waals surface area contributed by atoms with E-state index in [-0.39, 0.29) is 35.3 Å². The second-order valence-electron chi connectivity index (χ2n) is 8.40. The van der Waals surface area contributed by atoms with E-state index in [9.17, 15) is 20.0 Å². The monoisotopic (exact) mass is 469 g/mol. The normalized spacial score (nSPS) is 18.3. The fourth-order valence-electron chi connectivity index (χ4n) is 5.13. The number of carbonyl (C=O) groups excluding carboxylic acids is 1. The summed E-state index contributed by atoms with van der Waals surface area (Å²) in [4.78, 5) is 33.4. The van der Waals surface area contributed by atoms with Gasteiger partial charge < -0.3 is 10.0 Å². The number of amides is 1. The number of nitriles is 1. The van der Waals surface area contributed by atoms with Crippen molar-refractivity contribution in [3.8, 4) is 17.6 Å². The van der Waals surface area contributed by atoms with Crippen LogP contribution in [0.25, 0.3) is 16.5 Å². The lowest BCUT2D eigenvalue weighted by Gasteiger charge is -2.27. The Hall–Kier alpha value is -4.03. The molecule has 8 nitrogen and oxygen atoms in total. The number of likely N-dealkylation sites (tertiary alicyclic amines) is 1. The highest BCUT2D eigenvalue weighted by atomic mass is 32.2. The number of thioether (sulfide) groups is 1. The number of aromatic hydroxyl groups is 1. The fraction of sp³-hybridized carbons (Fsp3) is 0.200. The lowest BCUT2D eigenvalue weighted by molar-refractivity contribution is -0.129. The van der Waals surface area contributed by atoms with Crippen LogP contribution in [0, 0.1) is 11.3 Å². The van der Waals surface area contributed by atoms with Crippen molar-refractivity contribution in [2.75, 3.05) is 12.3 Å². The maximum absolute atomic E-state index is 13.4. The molecule has 1 fully saturated rings. The molecule has 0 radical (unpaired) electrons. The summed E-state index contributed by atoms with van der Waals surface area (Å²) in [5.41, 5.74) is 0.775. The molecule has 2 aromatic heterocycles. The summed E-state index contributed by atoms with van der Waals surface area (Å²) >= 11 is 1.48. The Morgan fingerprint density at radius 1 is 1.15 bits per heavy atom. The predicted molar refractivity (Wildman–Crippen MR) is 127 cm³/mol. The van der Waals surface area contributed by atoms with Gasteiger partial charge in [-0.2, -0.15) is 5.26 Å². The fourth-order valence-corrected chi connectivity index (χ4v) is 5.93. The van der Waals surface area contributed by atoms with Gasteiger partial charge in [0.05, 0.1) is 29.7 Å². The molecule has 1 saturated heterocycles. The van der Waals surface area contributed by atoms with Crippen LogP contribution < -0.4 is 5.69 Å².